The average molecular weight is 397 g/mol. The number of carbonyl (C=O) groups is 2. The van der Waals surface area contributed by atoms with Crippen molar-refractivity contribution in [3.05, 3.63) is 47.0 Å². The first kappa shape index (κ1) is 18.4. The van der Waals surface area contributed by atoms with E-state index in [4.69, 9.17) is 9.83 Å². The number of imide groups is 1. The van der Waals surface area contributed by atoms with E-state index in [1.54, 1.807) is 30.7 Å². The molecule has 2 N–H and O–H groups in total. The first-order chi connectivity index (χ1) is 13.6. The summed E-state index contributed by atoms with van der Waals surface area (Å²) in [6, 6.07) is 5.34. The van der Waals surface area contributed by atoms with Gasteiger partial charge in [-0.05, 0) is 61.2 Å². The zero-order valence-corrected chi connectivity index (χ0v) is 15.9. The van der Waals surface area contributed by atoms with Crippen LogP contribution in [0.3, 0.4) is 0 Å². The normalized spacial score (nSPS) is 19.3. The molecule has 0 aliphatic carbocycles. The smallest absolute Gasteiger partial charge is 0.290 e. The van der Waals surface area contributed by atoms with Crippen molar-refractivity contribution >= 4 is 40.6 Å². The number of hydrogen-bond donors (Lipinski definition) is 2. The molecule has 0 atom stereocenters. The van der Waals surface area contributed by atoms with Crippen molar-refractivity contribution in [3.8, 4) is 0 Å². The van der Waals surface area contributed by atoms with E-state index in [-0.39, 0.29) is 5.24 Å². The van der Waals surface area contributed by atoms with Crippen molar-refractivity contribution in [2.24, 2.45) is 5.92 Å². The summed E-state index contributed by atoms with van der Waals surface area (Å²) >= 11 is 0.874. The van der Waals surface area contributed by atoms with E-state index < -0.39 is 5.91 Å². The van der Waals surface area contributed by atoms with Crippen LogP contribution in [0.2, 0.25) is 0 Å². The van der Waals surface area contributed by atoms with E-state index in [1.165, 1.54) is 0 Å². The largest absolute Gasteiger partial charge is 0.463 e. The van der Waals surface area contributed by atoms with Gasteiger partial charge in [0.2, 0.25) is 5.95 Å². The third-order valence-corrected chi connectivity index (χ3v) is 5.60. The van der Waals surface area contributed by atoms with Gasteiger partial charge in [0.1, 0.15) is 5.76 Å². The lowest BCUT2D eigenvalue weighted by atomic mass is 9.91. The van der Waals surface area contributed by atoms with Gasteiger partial charge in [-0.2, -0.15) is 0 Å². The van der Waals surface area contributed by atoms with Crippen molar-refractivity contribution in [1.29, 1.82) is 5.41 Å². The van der Waals surface area contributed by atoms with E-state index in [1.807, 2.05) is 6.07 Å². The highest BCUT2D eigenvalue weighted by Gasteiger charge is 2.26. The Morgan fingerprint density at radius 1 is 1.36 bits per heavy atom. The highest BCUT2D eigenvalue weighted by Crippen LogP contribution is 2.27. The molecule has 144 valence electrons. The quantitative estimate of drug-likeness (QED) is 0.589. The van der Waals surface area contributed by atoms with E-state index in [0.717, 1.165) is 37.7 Å². The standard InChI is InChI=1S/C19H19N5O3S/c20-14(15-2-1-9-27-15)10-12-4-7-24(8-5-12)18-21-6-3-13(22-18)11-16-17(25)23-19(26)28-16/h1-3,6,9,11-12,20H,4-5,7-8,10H2,(H,23,25,26)/b16-11-,20-14?. The molecule has 2 fully saturated rings. The molecule has 2 aliphatic rings. The van der Waals surface area contributed by atoms with Crippen LogP contribution in [0.4, 0.5) is 10.7 Å². The number of nitrogens with zero attached hydrogens (tertiary/aromatic N) is 3. The van der Waals surface area contributed by atoms with Crippen LogP contribution in [0, 0.1) is 11.3 Å². The van der Waals surface area contributed by atoms with Crippen LogP contribution < -0.4 is 10.2 Å². The van der Waals surface area contributed by atoms with Gasteiger partial charge in [-0.3, -0.25) is 14.9 Å². The van der Waals surface area contributed by atoms with Gasteiger partial charge in [0.15, 0.2) is 0 Å². The van der Waals surface area contributed by atoms with Crippen molar-refractivity contribution in [3.63, 3.8) is 0 Å². The second-order valence-corrected chi connectivity index (χ2v) is 7.74. The van der Waals surface area contributed by atoms with E-state index >= 15 is 0 Å². The number of anilines is 1. The minimum Gasteiger partial charge on any atom is -0.463 e. The van der Waals surface area contributed by atoms with Crippen LogP contribution in [-0.2, 0) is 4.79 Å². The Morgan fingerprint density at radius 2 is 2.18 bits per heavy atom. The molecular weight excluding hydrogens is 378 g/mol. The van der Waals surface area contributed by atoms with Crippen LogP contribution in [0.1, 0.15) is 30.7 Å². The summed E-state index contributed by atoms with van der Waals surface area (Å²) in [5.41, 5.74) is 1.13. The second kappa shape index (κ2) is 7.97. The third kappa shape index (κ3) is 4.14. The van der Waals surface area contributed by atoms with Crippen LogP contribution in [0.5, 0.6) is 0 Å². The molecule has 2 aromatic rings. The van der Waals surface area contributed by atoms with Gasteiger partial charge in [0, 0.05) is 19.3 Å². The maximum absolute atomic E-state index is 11.7. The minimum absolute atomic E-state index is 0.338. The summed E-state index contributed by atoms with van der Waals surface area (Å²) in [7, 11) is 0. The Balaban J connectivity index is 1.37. The molecule has 2 saturated heterocycles. The predicted octanol–water partition coefficient (Wildman–Crippen LogP) is 3.07. The number of carbonyl (C=O) groups excluding carboxylic acids is 2. The predicted molar refractivity (Wildman–Crippen MR) is 106 cm³/mol. The summed E-state index contributed by atoms with van der Waals surface area (Å²) in [5.74, 6) is 1.29. The maximum atomic E-state index is 11.7. The second-order valence-electron chi connectivity index (χ2n) is 6.72. The van der Waals surface area contributed by atoms with Crippen molar-refractivity contribution < 1.29 is 14.0 Å². The number of piperidine rings is 1. The molecule has 0 aromatic carbocycles. The number of furan rings is 1. The molecule has 9 heteroatoms. The molecule has 28 heavy (non-hydrogen) atoms. The third-order valence-electron chi connectivity index (χ3n) is 4.79. The Labute approximate surface area is 165 Å². The first-order valence-electron chi connectivity index (χ1n) is 9.02. The van der Waals surface area contributed by atoms with E-state index in [9.17, 15) is 9.59 Å². The van der Waals surface area contributed by atoms with E-state index in [2.05, 4.69) is 20.2 Å². The zero-order chi connectivity index (χ0) is 19.5. The number of nitrogens with one attached hydrogen (secondary N) is 2. The van der Waals surface area contributed by atoms with Crippen molar-refractivity contribution in [1.82, 2.24) is 15.3 Å². The SMILES string of the molecule is N=C(CC1CCN(c2nccc(/C=C3\SC(=O)NC3=O)n2)CC1)c1ccco1. The monoisotopic (exact) mass is 397 g/mol. The fraction of sp³-hybridized carbons (Fsp3) is 0.316. The lowest BCUT2D eigenvalue weighted by Gasteiger charge is -2.32. The molecule has 0 saturated carbocycles. The molecular formula is C19H19N5O3S. The van der Waals surface area contributed by atoms with Gasteiger partial charge in [0.05, 0.1) is 22.6 Å². The Morgan fingerprint density at radius 3 is 2.86 bits per heavy atom. The van der Waals surface area contributed by atoms with Gasteiger partial charge < -0.3 is 14.7 Å². The molecule has 2 aromatic heterocycles. The molecule has 0 unspecified atom stereocenters. The summed E-state index contributed by atoms with van der Waals surface area (Å²) in [5, 5.41) is 10.0. The van der Waals surface area contributed by atoms with Gasteiger partial charge in [-0.25, -0.2) is 9.97 Å². The zero-order valence-electron chi connectivity index (χ0n) is 15.1. The number of hydrogen-bond acceptors (Lipinski definition) is 8. The fourth-order valence-corrected chi connectivity index (χ4v) is 3.99. The summed E-state index contributed by atoms with van der Waals surface area (Å²) in [6.45, 7) is 1.62. The topological polar surface area (TPSA) is 112 Å². The lowest BCUT2D eigenvalue weighted by Crippen LogP contribution is -2.35. The highest BCUT2D eigenvalue weighted by molar-refractivity contribution is 8.18. The maximum Gasteiger partial charge on any atom is 0.290 e. The summed E-state index contributed by atoms with van der Waals surface area (Å²) in [6.07, 6.45) is 7.46. The van der Waals surface area contributed by atoms with Gasteiger partial charge in [0.25, 0.3) is 11.1 Å². The van der Waals surface area contributed by atoms with Gasteiger partial charge in [-0.15, -0.1) is 0 Å². The fourth-order valence-electron chi connectivity index (χ4n) is 3.33. The van der Waals surface area contributed by atoms with E-state index in [0.29, 0.717) is 40.4 Å². The summed E-state index contributed by atoms with van der Waals surface area (Å²) in [4.78, 5) is 34.3. The molecule has 0 bridgehead atoms. The van der Waals surface area contributed by atoms with Crippen molar-refractivity contribution in [2.45, 2.75) is 19.3 Å². The van der Waals surface area contributed by atoms with Gasteiger partial charge >= 0.3 is 0 Å². The average Bonchev–Trinajstić information content (AvgIpc) is 3.33. The molecule has 4 rings (SSSR count). The number of amides is 2. The Bertz CT molecular complexity index is 933. The van der Waals surface area contributed by atoms with Crippen LogP contribution >= 0.6 is 11.8 Å². The number of thioether (sulfide) groups is 1. The molecule has 0 radical (unpaired) electrons. The molecule has 4 heterocycles. The molecule has 8 nitrogen and oxygen atoms in total. The van der Waals surface area contributed by atoms with Crippen LogP contribution in [-0.4, -0.2) is 39.9 Å². The molecule has 2 aliphatic heterocycles. The van der Waals surface area contributed by atoms with Crippen LogP contribution in [0.15, 0.2) is 40.0 Å². The number of aromatic nitrogens is 2. The summed E-state index contributed by atoms with van der Waals surface area (Å²) < 4.78 is 5.30. The first-order valence-corrected chi connectivity index (χ1v) is 9.84. The molecule has 2 amide bonds. The lowest BCUT2D eigenvalue weighted by molar-refractivity contribution is -0.115. The van der Waals surface area contributed by atoms with Crippen LogP contribution in [0.25, 0.3) is 6.08 Å². The Kier molecular flexibility index (Phi) is 5.25. The van der Waals surface area contributed by atoms with Gasteiger partial charge in [-0.1, -0.05) is 0 Å². The van der Waals surface area contributed by atoms with Crippen molar-refractivity contribution in [2.75, 3.05) is 18.0 Å². The number of rotatable bonds is 5. The minimum atomic E-state index is -0.394. The highest BCUT2D eigenvalue weighted by atomic mass is 32.2. The Hall–Kier alpha value is -2.94. The molecule has 0 spiro atoms.